The topological polar surface area (TPSA) is 42.0 Å². The van der Waals surface area contributed by atoms with E-state index in [4.69, 9.17) is 11.6 Å². The van der Waals surface area contributed by atoms with E-state index in [-0.39, 0.29) is 5.91 Å². The average Bonchev–Trinajstić information content (AvgIpc) is 2.46. The van der Waals surface area contributed by atoms with Gasteiger partial charge in [0.2, 0.25) is 0 Å². The molecule has 0 aliphatic heterocycles. The number of carbonyl (C=O) groups is 1. The minimum Gasteiger partial charge on any atom is -0.321 e. The lowest BCUT2D eigenvalue weighted by molar-refractivity contribution is 0.102. The SMILES string of the molecule is O=C(Nc1cccc(CCCBr)c1)c1ccc(Cl)cn1. The van der Waals surface area contributed by atoms with Crippen molar-refractivity contribution < 1.29 is 4.79 Å². The van der Waals surface area contributed by atoms with Gasteiger partial charge in [-0.05, 0) is 42.7 Å². The van der Waals surface area contributed by atoms with E-state index >= 15 is 0 Å². The van der Waals surface area contributed by atoms with Gasteiger partial charge in [-0.25, -0.2) is 4.98 Å². The molecule has 0 bridgehead atoms. The van der Waals surface area contributed by atoms with Crippen LogP contribution in [0.25, 0.3) is 0 Å². The fraction of sp³-hybridized carbons (Fsp3) is 0.200. The third-order valence-electron chi connectivity index (χ3n) is 2.74. The van der Waals surface area contributed by atoms with Crippen LogP contribution in [0.3, 0.4) is 0 Å². The van der Waals surface area contributed by atoms with Crippen LogP contribution in [-0.2, 0) is 6.42 Å². The fourth-order valence-corrected chi connectivity index (χ4v) is 2.17. The molecule has 2 aromatic rings. The van der Waals surface area contributed by atoms with Crippen molar-refractivity contribution in [2.45, 2.75) is 12.8 Å². The van der Waals surface area contributed by atoms with Crippen LogP contribution in [0.2, 0.25) is 5.02 Å². The summed E-state index contributed by atoms with van der Waals surface area (Å²) in [4.78, 5) is 16.0. The van der Waals surface area contributed by atoms with Crippen LogP contribution in [0.5, 0.6) is 0 Å². The Balaban J connectivity index is 2.05. The van der Waals surface area contributed by atoms with Crippen LogP contribution < -0.4 is 5.32 Å². The molecule has 20 heavy (non-hydrogen) atoms. The number of nitrogens with one attached hydrogen (secondary N) is 1. The van der Waals surface area contributed by atoms with E-state index in [1.807, 2.05) is 18.2 Å². The molecule has 1 aromatic carbocycles. The van der Waals surface area contributed by atoms with Crippen molar-refractivity contribution in [1.82, 2.24) is 4.98 Å². The highest BCUT2D eigenvalue weighted by molar-refractivity contribution is 9.09. The van der Waals surface area contributed by atoms with Gasteiger partial charge in [-0.3, -0.25) is 4.79 Å². The zero-order chi connectivity index (χ0) is 14.4. The van der Waals surface area contributed by atoms with Gasteiger partial charge in [0.1, 0.15) is 5.69 Å². The van der Waals surface area contributed by atoms with Gasteiger partial charge in [0.05, 0.1) is 5.02 Å². The molecule has 1 aromatic heterocycles. The number of hydrogen-bond donors (Lipinski definition) is 1. The van der Waals surface area contributed by atoms with Crippen LogP contribution in [0.15, 0.2) is 42.6 Å². The van der Waals surface area contributed by atoms with Crippen molar-refractivity contribution in [3.63, 3.8) is 0 Å². The maximum atomic E-state index is 12.0. The molecule has 0 fully saturated rings. The summed E-state index contributed by atoms with van der Waals surface area (Å²) in [7, 11) is 0. The van der Waals surface area contributed by atoms with Crippen molar-refractivity contribution in [1.29, 1.82) is 0 Å². The Bertz CT molecular complexity index is 587. The molecule has 0 saturated carbocycles. The predicted octanol–water partition coefficient (Wildman–Crippen LogP) is 4.31. The highest BCUT2D eigenvalue weighted by Crippen LogP contribution is 2.14. The Kier molecular flexibility index (Phi) is 5.56. The summed E-state index contributed by atoms with van der Waals surface area (Å²) in [5, 5.41) is 4.32. The van der Waals surface area contributed by atoms with E-state index in [0.717, 1.165) is 23.9 Å². The molecular weight excluding hydrogens is 340 g/mol. The third kappa shape index (κ3) is 4.32. The van der Waals surface area contributed by atoms with Crippen molar-refractivity contribution in [2.24, 2.45) is 0 Å². The second-order valence-corrected chi connectivity index (χ2v) is 5.54. The highest BCUT2D eigenvalue weighted by atomic mass is 79.9. The minimum absolute atomic E-state index is 0.237. The van der Waals surface area contributed by atoms with Gasteiger partial charge in [-0.2, -0.15) is 0 Å². The third-order valence-corrected chi connectivity index (χ3v) is 3.53. The molecule has 1 amide bonds. The smallest absolute Gasteiger partial charge is 0.274 e. The van der Waals surface area contributed by atoms with E-state index in [1.165, 1.54) is 11.8 Å². The number of hydrogen-bond acceptors (Lipinski definition) is 2. The van der Waals surface area contributed by atoms with Gasteiger partial charge < -0.3 is 5.32 Å². The Hall–Kier alpha value is -1.39. The van der Waals surface area contributed by atoms with Gasteiger partial charge in [0.15, 0.2) is 0 Å². The Morgan fingerprint density at radius 2 is 2.15 bits per heavy atom. The lowest BCUT2D eigenvalue weighted by Gasteiger charge is -2.07. The Labute approximate surface area is 131 Å². The van der Waals surface area contributed by atoms with Gasteiger partial charge in [0.25, 0.3) is 5.91 Å². The van der Waals surface area contributed by atoms with Crippen molar-refractivity contribution >= 4 is 39.1 Å². The van der Waals surface area contributed by atoms with Crippen molar-refractivity contribution in [3.8, 4) is 0 Å². The molecule has 1 heterocycles. The number of halogens is 2. The maximum absolute atomic E-state index is 12.0. The molecule has 0 aliphatic carbocycles. The van der Waals surface area contributed by atoms with Gasteiger partial charge >= 0.3 is 0 Å². The highest BCUT2D eigenvalue weighted by Gasteiger charge is 2.07. The molecule has 0 spiro atoms. The van der Waals surface area contributed by atoms with E-state index < -0.39 is 0 Å². The molecule has 0 unspecified atom stereocenters. The first kappa shape index (κ1) is 15.0. The summed E-state index contributed by atoms with van der Waals surface area (Å²) in [6, 6.07) is 11.1. The van der Waals surface area contributed by atoms with Crippen LogP contribution in [-0.4, -0.2) is 16.2 Å². The Morgan fingerprint density at radius 3 is 2.85 bits per heavy atom. The van der Waals surface area contributed by atoms with Gasteiger partial charge in [-0.1, -0.05) is 39.7 Å². The molecule has 0 aliphatic rings. The van der Waals surface area contributed by atoms with E-state index in [9.17, 15) is 4.79 Å². The van der Waals surface area contributed by atoms with Crippen LogP contribution in [0, 0.1) is 0 Å². The zero-order valence-electron chi connectivity index (χ0n) is 10.8. The summed E-state index contributed by atoms with van der Waals surface area (Å²) in [6.07, 6.45) is 3.51. The summed E-state index contributed by atoms with van der Waals surface area (Å²) in [5.74, 6) is -0.237. The number of aromatic nitrogens is 1. The van der Waals surface area contributed by atoms with Gasteiger partial charge in [0, 0.05) is 17.2 Å². The van der Waals surface area contributed by atoms with Crippen molar-refractivity contribution in [2.75, 3.05) is 10.6 Å². The number of anilines is 1. The van der Waals surface area contributed by atoms with E-state index in [0.29, 0.717) is 10.7 Å². The number of benzene rings is 1. The van der Waals surface area contributed by atoms with E-state index in [1.54, 1.807) is 12.1 Å². The standard InChI is InChI=1S/C15H14BrClN2O/c16-8-2-4-11-3-1-5-13(9-11)19-15(20)14-7-6-12(17)10-18-14/h1,3,5-7,9-10H,2,4,8H2,(H,19,20). The molecule has 0 saturated heterocycles. The number of aryl methyl sites for hydroxylation is 1. The number of pyridine rings is 1. The molecule has 0 radical (unpaired) electrons. The van der Waals surface area contributed by atoms with Gasteiger partial charge in [-0.15, -0.1) is 0 Å². The first-order valence-electron chi connectivity index (χ1n) is 6.27. The van der Waals surface area contributed by atoms with E-state index in [2.05, 4.69) is 32.3 Å². The molecule has 2 rings (SSSR count). The second-order valence-electron chi connectivity index (χ2n) is 4.31. The summed E-state index contributed by atoms with van der Waals surface area (Å²) < 4.78 is 0. The average molecular weight is 354 g/mol. The lowest BCUT2D eigenvalue weighted by Crippen LogP contribution is -2.13. The molecule has 1 N–H and O–H groups in total. The summed E-state index contributed by atoms with van der Waals surface area (Å²) in [5.41, 5.74) is 2.32. The summed E-state index contributed by atoms with van der Waals surface area (Å²) in [6.45, 7) is 0. The largest absolute Gasteiger partial charge is 0.321 e. The quantitative estimate of drug-likeness (QED) is 0.814. The number of amides is 1. The van der Waals surface area contributed by atoms with Crippen molar-refractivity contribution in [3.05, 3.63) is 58.9 Å². The molecule has 104 valence electrons. The second kappa shape index (κ2) is 7.41. The predicted molar refractivity (Wildman–Crippen MR) is 85.8 cm³/mol. The zero-order valence-corrected chi connectivity index (χ0v) is 13.1. The number of alkyl halides is 1. The fourth-order valence-electron chi connectivity index (χ4n) is 1.78. The number of carbonyl (C=O) groups excluding carboxylic acids is 1. The minimum atomic E-state index is -0.237. The Morgan fingerprint density at radius 1 is 1.30 bits per heavy atom. The first-order valence-corrected chi connectivity index (χ1v) is 7.77. The normalized spacial score (nSPS) is 10.3. The molecule has 3 nitrogen and oxygen atoms in total. The van der Waals surface area contributed by atoms with Crippen LogP contribution >= 0.6 is 27.5 Å². The first-order chi connectivity index (χ1) is 9.69. The number of rotatable bonds is 5. The summed E-state index contributed by atoms with van der Waals surface area (Å²) >= 11 is 9.16. The number of nitrogens with zero attached hydrogens (tertiary/aromatic N) is 1. The molecular formula is C15H14BrClN2O. The van der Waals surface area contributed by atoms with Crippen LogP contribution in [0.1, 0.15) is 22.5 Å². The monoisotopic (exact) mass is 352 g/mol. The molecule has 0 atom stereocenters. The lowest BCUT2D eigenvalue weighted by atomic mass is 10.1. The molecule has 5 heteroatoms. The maximum Gasteiger partial charge on any atom is 0.274 e. The van der Waals surface area contributed by atoms with Crippen LogP contribution in [0.4, 0.5) is 5.69 Å².